The molecule has 1 aliphatic carbocycles. The number of rotatable bonds is 7. The molecule has 0 unspecified atom stereocenters. The highest BCUT2D eigenvalue weighted by molar-refractivity contribution is 6.30. The Labute approximate surface area is 172 Å². The van der Waals surface area contributed by atoms with Crippen molar-refractivity contribution in [3.8, 4) is 5.75 Å². The van der Waals surface area contributed by atoms with E-state index in [4.69, 9.17) is 16.3 Å². The number of hydrogen-bond donors (Lipinski definition) is 1. The Hall–Kier alpha value is -1.75. The Bertz CT molecular complexity index is 636. The van der Waals surface area contributed by atoms with Gasteiger partial charge in [0.05, 0.1) is 0 Å². The summed E-state index contributed by atoms with van der Waals surface area (Å²) in [5, 5.41) is 3.65. The van der Waals surface area contributed by atoms with Gasteiger partial charge >= 0.3 is 0 Å². The number of ether oxygens (including phenoxy) is 1. The van der Waals surface area contributed by atoms with Crippen LogP contribution in [0.25, 0.3) is 0 Å². The predicted molar refractivity (Wildman–Crippen MR) is 111 cm³/mol. The van der Waals surface area contributed by atoms with Crippen LogP contribution in [-0.4, -0.2) is 42.5 Å². The van der Waals surface area contributed by atoms with E-state index in [1.54, 1.807) is 24.3 Å². The standard InChI is InChI=1S/C22H31ClN2O3/c23-18-7-9-20(10-8-18)28-16-21(26)24-19-12-14-25(15-13-19)22(27)11-6-17-4-2-1-3-5-17/h7-10,17,19H,1-6,11-16H2,(H,24,26). The average Bonchev–Trinajstić information content (AvgIpc) is 2.73. The lowest BCUT2D eigenvalue weighted by Gasteiger charge is -2.33. The van der Waals surface area contributed by atoms with Gasteiger partial charge in [0.15, 0.2) is 6.61 Å². The first-order valence-corrected chi connectivity index (χ1v) is 10.9. The van der Waals surface area contributed by atoms with E-state index in [-0.39, 0.29) is 24.5 Å². The van der Waals surface area contributed by atoms with Gasteiger partial charge in [-0.15, -0.1) is 0 Å². The fraction of sp³-hybridized carbons (Fsp3) is 0.636. The summed E-state index contributed by atoms with van der Waals surface area (Å²) in [5.41, 5.74) is 0. The maximum atomic E-state index is 12.5. The van der Waals surface area contributed by atoms with E-state index in [1.165, 1.54) is 32.1 Å². The number of carbonyl (C=O) groups is 2. The molecule has 2 aliphatic rings. The molecular weight excluding hydrogens is 376 g/mol. The second-order valence-electron chi connectivity index (χ2n) is 8.01. The molecule has 1 saturated carbocycles. The number of piperidine rings is 1. The zero-order chi connectivity index (χ0) is 19.8. The third kappa shape index (κ3) is 6.69. The summed E-state index contributed by atoms with van der Waals surface area (Å²) in [6, 6.07) is 7.06. The minimum absolute atomic E-state index is 0.0117. The average molecular weight is 407 g/mol. The van der Waals surface area contributed by atoms with E-state index in [9.17, 15) is 9.59 Å². The lowest BCUT2D eigenvalue weighted by Crippen LogP contribution is -2.47. The molecule has 0 atom stereocenters. The molecule has 2 amide bonds. The summed E-state index contributed by atoms with van der Waals surface area (Å²) >= 11 is 5.83. The monoisotopic (exact) mass is 406 g/mol. The van der Waals surface area contributed by atoms with Crippen LogP contribution in [0.1, 0.15) is 57.8 Å². The number of carbonyl (C=O) groups excluding carboxylic acids is 2. The molecule has 0 bridgehead atoms. The number of benzene rings is 1. The van der Waals surface area contributed by atoms with Gasteiger partial charge in [0.1, 0.15) is 5.75 Å². The van der Waals surface area contributed by atoms with Gasteiger partial charge in [0.25, 0.3) is 5.91 Å². The van der Waals surface area contributed by atoms with E-state index in [2.05, 4.69) is 5.32 Å². The lowest BCUT2D eigenvalue weighted by molar-refractivity contribution is -0.132. The molecule has 1 N–H and O–H groups in total. The fourth-order valence-corrected chi connectivity index (χ4v) is 4.31. The van der Waals surface area contributed by atoms with E-state index in [1.807, 2.05) is 4.90 Å². The number of hydrogen-bond acceptors (Lipinski definition) is 3. The molecule has 154 valence electrons. The van der Waals surface area contributed by atoms with Crippen LogP contribution in [0.15, 0.2) is 24.3 Å². The number of likely N-dealkylation sites (tertiary alicyclic amines) is 1. The smallest absolute Gasteiger partial charge is 0.258 e. The van der Waals surface area contributed by atoms with Gasteiger partial charge in [-0.3, -0.25) is 9.59 Å². The van der Waals surface area contributed by atoms with Crippen molar-refractivity contribution in [3.63, 3.8) is 0 Å². The summed E-state index contributed by atoms with van der Waals surface area (Å²) in [5.74, 6) is 1.52. The molecular formula is C22H31ClN2O3. The third-order valence-corrected chi connectivity index (χ3v) is 6.14. The van der Waals surface area contributed by atoms with E-state index >= 15 is 0 Å². The van der Waals surface area contributed by atoms with Crippen LogP contribution in [0.3, 0.4) is 0 Å². The van der Waals surface area contributed by atoms with Crippen molar-refractivity contribution in [2.24, 2.45) is 5.92 Å². The highest BCUT2D eigenvalue weighted by Crippen LogP contribution is 2.27. The van der Waals surface area contributed by atoms with Crippen molar-refractivity contribution in [1.29, 1.82) is 0 Å². The molecule has 1 heterocycles. The van der Waals surface area contributed by atoms with Crippen molar-refractivity contribution in [1.82, 2.24) is 10.2 Å². The lowest BCUT2D eigenvalue weighted by atomic mass is 9.86. The summed E-state index contributed by atoms with van der Waals surface area (Å²) in [6.07, 6.45) is 9.92. The summed E-state index contributed by atoms with van der Waals surface area (Å²) < 4.78 is 5.48. The normalized spacial score (nSPS) is 18.7. The van der Waals surface area contributed by atoms with Crippen LogP contribution in [0.4, 0.5) is 0 Å². The highest BCUT2D eigenvalue weighted by Gasteiger charge is 2.24. The number of nitrogens with zero attached hydrogens (tertiary/aromatic N) is 1. The van der Waals surface area contributed by atoms with E-state index < -0.39 is 0 Å². The van der Waals surface area contributed by atoms with Crippen molar-refractivity contribution < 1.29 is 14.3 Å². The van der Waals surface area contributed by atoms with E-state index in [0.29, 0.717) is 17.2 Å². The Morgan fingerprint density at radius 3 is 2.39 bits per heavy atom. The van der Waals surface area contributed by atoms with E-state index in [0.717, 1.165) is 38.3 Å². The predicted octanol–water partition coefficient (Wildman–Crippen LogP) is 4.19. The third-order valence-electron chi connectivity index (χ3n) is 5.89. The second-order valence-corrected chi connectivity index (χ2v) is 8.44. The van der Waals surface area contributed by atoms with Crippen molar-refractivity contribution >= 4 is 23.4 Å². The summed E-state index contributed by atoms with van der Waals surface area (Å²) in [7, 11) is 0. The van der Waals surface area contributed by atoms with Crippen LogP contribution < -0.4 is 10.1 Å². The van der Waals surface area contributed by atoms with Crippen LogP contribution >= 0.6 is 11.6 Å². The van der Waals surface area contributed by atoms with Crippen molar-refractivity contribution in [2.75, 3.05) is 19.7 Å². The maximum Gasteiger partial charge on any atom is 0.258 e. The van der Waals surface area contributed by atoms with Crippen LogP contribution in [0.5, 0.6) is 5.75 Å². The summed E-state index contributed by atoms with van der Waals surface area (Å²) in [6.45, 7) is 1.45. The molecule has 1 aliphatic heterocycles. The zero-order valence-corrected chi connectivity index (χ0v) is 17.3. The number of halogens is 1. The van der Waals surface area contributed by atoms with Crippen LogP contribution in [0, 0.1) is 5.92 Å². The molecule has 3 rings (SSSR count). The molecule has 0 radical (unpaired) electrons. The number of amides is 2. The summed E-state index contributed by atoms with van der Waals surface area (Å²) in [4.78, 5) is 26.5. The first-order valence-electron chi connectivity index (χ1n) is 10.6. The van der Waals surface area contributed by atoms with Gasteiger partial charge in [-0.1, -0.05) is 43.7 Å². The van der Waals surface area contributed by atoms with Crippen molar-refractivity contribution in [2.45, 2.75) is 63.8 Å². The van der Waals surface area contributed by atoms with Gasteiger partial charge in [0.2, 0.25) is 5.91 Å². The molecule has 1 saturated heterocycles. The first kappa shape index (κ1) is 21.0. The Morgan fingerprint density at radius 1 is 1.04 bits per heavy atom. The molecule has 1 aromatic carbocycles. The minimum Gasteiger partial charge on any atom is -0.484 e. The molecule has 0 spiro atoms. The Morgan fingerprint density at radius 2 is 1.71 bits per heavy atom. The maximum absolute atomic E-state index is 12.5. The topological polar surface area (TPSA) is 58.6 Å². The highest BCUT2D eigenvalue weighted by atomic mass is 35.5. The molecule has 1 aromatic rings. The van der Waals surface area contributed by atoms with Crippen LogP contribution in [0.2, 0.25) is 5.02 Å². The number of nitrogens with one attached hydrogen (secondary N) is 1. The quantitative estimate of drug-likeness (QED) is 0.738. The Kier molecular flexibility index (Phi) is 8.01. The van der Waals surface area contributed by atoms with Gasteiger partial charge in [-0.2, -0.15) is 0 Å². The fourth-order valence-electron chi connectivity index (χ4n) is 4.18. The SMILES string of the molecule is O=C(COc1ccc(Cl)cc1)NC1CCN(C(=O)CCC2CCCCC2)CC1. The Balaban J connectivity index is 1.31. The van der Waals surface area contributed by atoms with Gasteiger partial charge in [0, 0.05) is 30.6 Å². The molecule has 5 nitrogen and oxygen atoms in total. The zero-order valence-electron chi connectivity index (χ0n) is 16.5. The molecule has 0 aromatic heterocycles. The van der Waals surface area contributed by atoms with Crippen molar-refractivity contribution in [3.05, 3.63) is 29.3 Å². The second kappa shape index (κ2) is 10.7. The van der Waals surface area contributed by atoms with Crippen LogP contribution in [-0.2, 0) is 9.59 Å². The van der Waals surface area contributed by atoms with Gasteiger partial charge < -0.3 is 15.0 Å². The first-order chi connectivity index (χ1) is 13.6. The van der Waals surface area contributed by atoms with Gasteiger partial charge in [-0.25, -0.2) is 0 Å². The largest absolute Gasteiger partial charge is 0.484 e. The molecule has 6 heteroatoms. The van der Waals surface area contributed by atoms with Gasteiger partial charge in [-0.05, 0) is 49.4 Å². The molecule has 2 fully saturated rings. The minimum atomic E-state index is -0.128. The molecule has 28 heavy (non-hydrogen) atoms.